The first-order valence-electron chi connectivity index (χ1n) is 6.09. The fraction of sp³-hybridized carbons (Fsp3) is 0.0667. The Morgan fingerprint density at radius 3 is 2.67 bits per heavy atom. The molecule has 0 spiro atoms. The van der Waals surface area contributed by atoms with E-state index in [2.05, 4.69) is 10.5 Å². The lowest BCUT2D eigenvalue weighted by molar-refractivity contribution is 0.0954. The molecule has 0 fully saturated rings. The van der Waals surface area contributed by atoms with Gasteiger partial charge in [-0.3, -0.25) is 4.79 Å². The minimum absolute atomic E-state index is 0.00633. The number of hydrogen-bond donors (Lipinski definition) is 3. The highest BCUT2D eigenvalue weighted by Crippen LogP contribution is 2.22. The van der Waals surface area contributed by atoms with Crippen molar-refractivity contribution in [3.8, 4) is 17.2 Å². The van der Waals surface area contributed by atoms with Gasteiger partial charge in [-0.2, -0.15) is 5.10 Å². The molecule has 0 saturated carbocycles. The highest BCUT2D eigenvalue weighted by molar-refractivity contribution is 5.95. The summed E-state index contributed by atoms with van der Waals surface area (Å²) in [6.07, 6.45) is 1.40. The number of carbonyl (C=O) groups excluding carboxylic acids is 1. The van der Waals surface area contributed by atoms with Crippen molar-refractivity contribution in [1.82, 2.24) is 5.43 Å². The van der Waals surface area contributed by atoms with Gasteiger partial charge in [0.15, 0.2) is 0 Å². The number of nitrogens with one attached hydrogen (secondary N) is 1. The topological polar surface area (TPSA) is 91.2 Å². The number of methoxy groups -OCH3 is 1. The Labute approximate surface area is 121 Å². The van der Waals surface area contributed by atoms with Crippen LogP contribution in [0.1, 0.15) is 15.9 Å². The van der Waals surface area contributed by atoms with Crippen molar-refractivity contribution in [2.45, 2.75) is 0 Å². The maximum Gasteiger partial charge on any atom is 0.271 e. The maximum absolute atomic E-state index is 11.8. The highest BCUT2D eigenvalue weighted by Gasteiger charge is 2.05. The lowest BCUT2D eigenvalue weighted by Gasteiger charge is -2.04. The molecule has 3 N–H and O–H groups in total. The summed E-state index contributed by atoms with van der Waals surface area (Å²) in [5.41, 5.74) is 3.24. The van der Waals surface area contributed by atoms with Crippen molar-refractivity contribution in [2.75, 3.05) is 7.11 Å². The number of amides is 1. The lowest BCUT2D eigenvalue weighted by Crippen LogP contribution is -2.17. The van der Waals surface area contributed by atoms with Crippen LogP contribution in [0.4, 0.5) is 0 Å². The predicted octanol–water partition coefficient (Wildman–Crippen LogP) is 1.87. The summed E-state index contributed by atoms with van der Waals surface area (Å²) in [7, 11) is 1.47. The second-order valence-corrected chi connectivity index (χ2v) is 4.18. The van der Waals surface area contributed by atoms with Crippen LogP contribution in [0.2, 0.25) is 0 Å². The number of phenols is 2. The number of carbonyl (C=O) groups is 1. The molecule has 0 aromatic heterocycles. The van der Waals surface area contributed by atoms with Crippen molar-refractivity contribution in [1.29, 1.82) is 0 Å². The van der Waals surface area contributed by atoms with Crippen LogP contribution in [0.25, 0.3) is 0 Å². The Morgan fingerprint density at radius 2 is 1.95 bits per heavy atom. The number of rotatable bonds is 4. The van der Waals surface area contributed by atoms with Crippen LogP contribution in [0.5, 0.6) is 17.2 Å². The molecule has 0 aliphatic rings. The molecule has 2 rings (SSSR count). The van der Waals surface area contributed by atoms with E-state index in [0.29, 0.717) is 16.9 Å². The van der Waals surface area contributed by atoms with Gasteiger partial charge >= 0.3 is 0 Å². The second-order valence-electron chi connectivity index (χ2n) is 4.18. The van der Waals surface area contributed by atoms with E-state index in [1.165, 1.54) is 37.6 Å². The summed E-state index contributed by atoms with van der Waals surface area (Å²) in [5, 5.41) is 22.5. The highest BCUT2D eigenvalue weighted by atomic mass is 16.5. The molecule has 0 aliphatic heterocycles. The molecule has 0 radical (unpaired) electrons. The number of hydrazone groups is 1. The van der Waals surface area contributed by atoms with Gasteiger partial charge in [0.05, 0.1) is 13.3 Å². The lowest BCUT2D eigenvalue weighted by atomic mass is 10.2. The Hall–Kier alpha value is -3.02. The van der Waals surface area contributed by atoms with Gasteiger partial charge in [0.2, 0.25) is 0 Å². The van der Waals surface area contributed by atoms with Crippen LogP contribution in [-0.4, -0.2) is 29.4 Å². The van der Waals surface area contributed by atoms with Crippen molar-refractivity contribution in [3.63, 3.8) is 0 Å². The quantitative estimate of drug-likeness (QED) is 0.591. The van der Waals surface area contributed by atoms with Crippen LogP contribution in [0, 0.1) is 0 Å². The molecule has 2 aromatic rings. The molecule has 108 valence electrons. The third-order valence-corrected chi connectivity index (χ3v) is 2.70. The van der Waals surface area contributed by atoms with Gasteiger partial charge in [-0.1, -0.05) is 6.07 Å². The normalized spacial score (nSPS) is 10.5. The van der Waals surface area contributed by atoms with E-state index < -0.39 is 5.91 Å². The molecule has 2 aromatic carbocycles. The zero-order valence-corrected chi connectivity index (χ0v) is 11.3. The molecule has 0 heterocycles. The van der Waals surface area contributed by atoms with Crippen LogP contribution in [-0.2, 0) is 0 Å². The molecular weight excluding hydrogens is 272 g/mol. The minimum Gasteiger partial charge on any atom is -0.508 e. The molecule has 0 saturated heterocycles. The number of nitrogens with zero attached hydrogens (tertiary/aromatic N) is 1. The smallest absolute Gasteiger partial charge is 0.271 e. The van der Waals surface area contributed by atoms with E-state index in [0.717, 1.165) is 0 Å². The monoisotopic (exact) mass is 286 g/mol. The first-order valence-corrected chi connectivity index (χ1v) is 6.09. The van der Waals surface area contributed by atoms with Gasteiger partial charge in [0.1, 0.15) is 17.2 Å². The summed E-state index contributed by atoms with van der Waals surface area (Å²) in [5.74, 6) is 0.0740. The number of phenolic OH excluding ortho intramolecular Hbond substituents is 2. The fourth-order valence-electron chi connectivity index (χ4n) is 1.68. The van der Waals surface area contributed by atoms with Gasteiger partial charge < -0.3 is 14.9 Å². The van der Waals surface area contributed by atoms with E-state index in [-0.39, 0.29) is 11.5 Å². The number of aromatic hydroxyl groups is 2. The molecule has 0 unspecified atom stereocenters. The van der Waals surface area contributed by atoms with E-state index >= 15 is 0 Å². The van der Waals surface area contributed by atoms with Gasteiger partial charge in [0.25, 0.3) is 5.91 Å². The third-order valence-electron chi connectivity index (χ3n) is 2.70. The fourth-order valence-corrected chi connectivity index (χ4v) is 1.68. The van der Waals surface area contributed by atoms with E-state index in [1.807, 2.05) is 0 Å². The summed E-state index contributed by atoms with van der Waals surface area (Å²) in [6.45, 7) is 0. The van der Waals surface area contributed by atoms with E-state index in [4.69, 9.17) is 4.74 Å². The second kappa shape index (κ2) is 6.42. The predicted molar refractivity (Wildman–Crippen MR) is 77.8 cm³/mol. The average molecular weight is 286 g/mol. The summed E-state index contributed by atoms with van der Waals surface area (Å²) < 4.78 is 5.09. The van der Waals surface area contributed by atoms with Crippen LogP contribution in [0.3, 0.4) is 0 Å². The molecule has 6 nitrogen and oxygen atoms in total. The van der Waals surface area contributed by atoms with E-state index in [9.17, 15) is 15.0 Å². The minimum atomic E-state index is -0.445. The number of benzene rings is 2. The van der Waals surface area contributed by atoms with Gasteiger partial charge in [-0.15, -0.1) is 0 Å². The average Bonchev–Trinajstić information content (AvgIpc) is 2.48. The summed E-state index contributed by atoms with van der Waals surface area (Å²) in [4.78, 5) is 11.8. The van der Waals surface area contributed by atoms with Crippen molar-refractivity contribution < 1.29 is 19.7 Å². The van der Waals surface area contributed by atoms with Crippen LogP contribution >= 0.6 is 0 Å². The number of hydrogen-bond acceptors (Lipinski definition) is 5. The first-order chi connectivity index (χ1) is 10.1. The summed E-state index contributed by atoms with van der Waals surface area (Å²) in [6, 6.07) is 10.5. The molecule has 0 bridgehead atoms. The molecule has 0 atom stereocenters. The SMILES string of the molecule is COc1cc(O)ccc1/C=N/NC(=O)c1cccc(O)c1. The molecule has 1 amide bonds. The zero-order valence-electron chi connectivity index (χ0n) is 11.3. The largest absolute Gasteiger partial charge is 0.508 e. The maximum atomic E-state index is 11.8. The Bertz CT molecular complexity index is 683. The Kier molecular flexibility index (Phi) is 4.40. The third kappa shape index (κ3) is 3.73. The Morgan fingerprint density at radius 1 is 1.19 bits per heavy atom. The Balaban J connectivity index is 2.07. The van der Waals surface area contributed by atoms with Gasteiger partial charge in [-0.05, 0) is 30.3 Å². The summed E-state index contributed by atoms with van der Waals surface area (Å²) >= 11 is 0. The molecular formula is C15H14N2O4. The number of ether oxygens (including phenoxy) is 1. The van der Waals surface area contributed by atoms with Gasteiger partial charge in [-0.25, -0.2) is 5.43 Å². The van der Waals surface area contributed by atoms with Crippen molar-refractivity contribution >= 4 is 12.1 Å². The van der Waals surface area contributed by atoms with Crippen LogP contribution in [0.15, 0.2) is 47.6 Å². The first kappa shape index (κ1) is 14.4. The van der Waals surface area contributed by atoms with Crippen molar-refractivity contribution in [3.05, 3.63) is 53.6 Å². The molecule has 6 heteroatoms. The van der Waals surface area contributed by atoms with Crippen LogP contribution < -0.4 is 10.2 Å². The zero-order chi connectivity index (χ0) is 15.2. The standard InChI is InChI=1S/C15H14N2O4/c1-21-14-8-13(19)6-5-11(14)9-16-17-15(20)10-3-2-4-12(18)7-10/h2-9,18-19H,1H3,(H,17,20)/b16-9+. The van der Waals surface area contributed by atoms with E-state index in [1.54, 1.807) is 18.2 Å². The van der Waals surface area contributed by atoms with Gasteiger partial charge in [0, 0.05) is 17.2 Å². The molecule has 21 heavy (non-hydrogen) atoms. The molecule has 0 aliphatic carbocycles. The van der Waals surface area contributed by atoms with Crippen molar-refractivity contribution in [2.24, 2.45) is 5.10 Å².